The van der Waals surface area contributed by atoms with Crippen LogP contribution in [0.25, 0.3) is 0 Å². The standard InChI is InChI=1S/C21H20ClN3O/c1-14-12-17(22)8-9-19(14)25-21(26)20-13-18(10-11-23-20)24-15(2)16-6-4-3-5-7-16/h3-13,15H,1-2H3,(H,23,24)(H,25,26). The molecule has 1 heterocycles. The Labute approximate surface area is 158 Å². The SMILES string of the molecule is Cc1cc(Cl)ccc1NC(=O)c1cc(NC(C)c2ccccc2)ccn1. The fraction of sp³-hybridized carbons (Fsp3) is 0.143. The molecule has 0 radical (unpaired) electrons. The number of hydrogen-bond donors (Lipinski definition) is 2. The molecule has 1 aromatic heterocycles. The van der Waals surface area contributed by atoms with Gasteiger partial charge in [-0.1, -0.05) is 41.9 Å². The number of amides is 1. The number of aryl methyl sites for hydroxylation is 1. The number of aromatic nitrogens is 1. The number of hydrogen-bond acceptors (Lipinski definition) is 3. The topological polar surface area (TPSA) is 54.0 Å². The maximum atomic E-state index is 12.5. The maximum absolute atomic E-state index is 12.5. The first-order valence-corrected chi connectivity index (χ1v) is 8.76. The number of pyridine rings is 1. The van der Waals surface area contributed by atoms with E-state index in [1.165, 1.54) is 5.56 Å². The molecule has 26 heavy (non-hydrogen) atoms. The van der Waals surface area contributed by atoms with E-state index >= 15 is 0 Å². The Balaban J connectivity index is 1.73. The number of benzene rings is 2. The molecule has 5 heteroatoms. The molecule has 0 bridgehead atoms. The van der Waals surface area contributed by atoms with Crippen LogP contribution in [0.5, 0.6) is 0 Å². The van der Waals surface area contributed by atoms with Crippen LogP contribution < -0.4 is 10.6 Å². The molecular formula is C21H20ClN3O. The summed E-state index contributed by atoms with van der Waals surface area (Å²) in [6.45, 7) is 3.97. The summed E-state index contributed by atoms with van der Waals surface area (Å²) in [5.41, 5.74) is 3.99. The van der Waals surface area contributed by atoms with E-state index in [4.69, 9.17) is 11.6 Å². The van der Waals surface area contributed by atoms with Gasteiger partial charge in [-0.25, -0.2) is 0 Å². The third-order valence-corrected chi connectivity index (χ3v) is 4.35. The monoisotopic (exact) mass is 365 g/mol. The molecule has 132 valence electrons. The number of nitrogens with zero attached hydrogens (tertiary/aromatic N) is 1. The zero-order chi connectivity index (χ0) is 18.5. The Hall–Kier alpha value is -2.85. The normalized spacial score (nSPS) is 11.7. The van der Waals surface area contributed by atoms with E-state index in [1.807, 2.05) is 37.3 Å². The fourth-order valence-corrected chi connectivity index (χ4v) is 2.90. The highest BCUT2D eigenvalue weighted by Crippen LogP contribution is 2.22. The van der Waals surface area contributed by atoms with Gasteiger partial charge in [0.2, 0.25) is 0 Å². The average Bonchev–Trinajstić information content (AvgIpc) is 2.65. The summed E-state index contributed by atoms with van der Waals surface area (Å²) < 4.78 is 0. The summed E-state index contributed by atoms with van der Waals surface area (Å²) in [4.78, 5) is 16.7. The molecule has 2 N–H and O–H groups in total. The Morgan fingerprint density at radius 3 is 2.58 bits per heavy atom. The van der Waals surface area contributed by atoms with Crippen LogP contribution in [0.3, 0.4) is 0 Å². The van der Waals surface area contributed by atoms with E-state index in [9.17, 15) is 4.79 Å². The van der Waals surface area contributed by atoms with Crippen molar-refractivity contribution in [2.24, 2.45) is 0 Å². The molecule has 0 aliphatic rings. The Bertz CT molecular complexity index is 912. The lowest BCUT2D eigenvalue weighted by atomic mass is 10.1. The molecule has 1 unspecified atom stereocenters. The van der Waals surface area contributed by atoms with E-state index in [1.54, 1.807) is 24.4 Å². The van der Waals surface area contributed by atoms with E-state index in [0.717, 1.165) is 16.9 Å². The summed E-state index contributed by atoms with van der Waals surface area (Å²) in [5.74, 6) is -0.258. The number of halogens is 1. The number of nitrogens with one attached hydrogen (secondary N) is 2. The molecule has 0 saturated heterocycles. The Morgan fingerprint density at radius 2 is 1.85 bits per heavy atom. The van der Waals surface area contributed by atoms with Gasteiger partial charge in [0.1, 0.15) is 5.69 Å². The summed E-state index contributed by atoms with van der Waals surface area (Å²) in [7, 11) is 0. The van der Waals surface area contributed by atoms with E-state index in [0.29, 0.717) is 10.7 Å². The summed E-state index contributed by atoms with van der Waals surface area (Å²) in [5, 5.41) is 6.92. The lowest BCUT2D eigenvalue weighted by Crippen LogP contribution is -2.15. The van der Waals surface area contributed by atoms with Crippen molar-refractivity contribution in [3.63, 3.8) is 0 Å². The van der Waals surface area contributed by atoms with Crippen molar-refractivity contribution in [2.75, 3.05) is 10.6 Å². The molecule has 0 fully saturated rings. The third kappa shape index (κ3) is 4.41. The smallest absolute Gasteiger partial charge is 0.274 e. The van der Waals surface area contributed by atoms with Gasteiger partial charge in [-0.15, -0.1) is 0 Å². The molecule has 3 aromatic rings. The van der Waals surface area contributed by atoms with Crippen LogP contribution in [0.2, 0.25) is 5.02 Å². The molecule has 4 nitrogen and oxygen atoms in total. The Kier molecular flexibility index (Phi) is 5.54. The predicted molar refractivity (Wildman–Crippen MR) is 107 cm³/mol. The van der Waals surface area contributed by atoms with Crippen molar-refractivity contribution in [1.82, 2.24) is 4.98 Å². The van der Waals surface area contributed by atoms with Crippen LogP contribution in [-0.2, 0) is 0 Å². The highest BCUT2D eigenvalue weighted by atomic mass is 35.5. The van der Waals surface area contributed by atoms with Crippen LogP contribution in [-0.4, -0.2) is 10.9 Å². The van der Waals surface area contributed by atoms with Gasteiger partial charge < -0.3 is 10.6 Å². The van der Waals surface area contributed by atoms with Gasteiger partial charge in [0, 0.05) is 28.6 Å². The summed E-state index contributed by atoms with van der Waals surface area (Å²) in [6, 6.07) is 19.2. The molecule has 0 saturated carbocycles. The predicted octanol–water partition coefficient (Wildman–Crippen LogP) is 5.47. The van der Waals surface area contributed by atoms with E-state index < -0.39 is 0 Å². The highest BCUT2D eigenvalue weighted by molar-refractivity contribution is 6.30. The minimum atomic E-state index is -0.258. The lowest BCUT2D eigenvalue weighted by Gasteiger charge is -2.16. The van der Waals surface area contributed by atoms with Gasteiger partial charge in [-0.2, -0.15) is 0 Å². The van der Waals surface area contributed by atoms with Crippen molar-refractivity contribution in [2.45, 2.75) is 19.9 Å². The van der Waals surface area contributed by atoms with Gasteiger partial charge in [-0.3, -0.25) is 9.78 Å². The van der Waals surface area contributed by atoms with E-state index in [2.05, 4.69) is 34.7 Å². The number of carbonyl (C=O) groups excluding carboxylic acids is 1. The van der Waals surface area contributed by atoms with E-state index in [-0.39, 0.29) is 11.9 Å². The first kappa shape index (κ1) is 18.0. The summed E-state index contributed by atoms with van der Waals surface area (Å²) >= 11 is 5.96. The first-order chi connectivity index (χ1) is 12.5. The quantitative estimate of drug-likeness (QED) is 0.630. The van der Waals surface area contributed by atoms with Crippen LogP contribution >= 0.6 is 11.6 Å². The third-order valence-electron chi connectivity index (χ3n) is 4.11. The van der Waals surface area contributed by atoms with Gasteiger partial charge in [0.05, 0.1) is 0 Å². The number of rotatable bonds is 5. The molecule has 2 aromatic carbocycles. The first-order valence-electron chi connectivity index (χ1n) is 8.38. The van der Waals surface area contributed by atoms with Crippen molar-refractivity contribution in [3.05, 3.63) is 88.7 Å². The van der Waals surface area contributed by atoms with Gasteiger partial charge in [0.25, 0.3) is 5.91 Å². The van der Waals surface area contributed by atoms with Crippen LogP contribution in [0, 0.1) is 6.92 Å². The second-order valence-corrected chi connectivity index (χ2v) is 6.56. The van der Waals surface area contributed by atoms with Crippen LogP contribution in [0.4, 0.5) is 11.4 Å². The van der Waals surface area contributed by atoms with Crippen LogP contribution in [0.1, 0.15) is 34.6 Å². The lowest BCUT2D eigenvalue weighted by molar-refractivity contribution is 0.102. The summed E-state index contributed by atoms with van der Waals surface area (Å²) in [6.07, 6.45) is 1.63. The highest BCUT2D eigenvalue weighted by Gasteiger charge is 2.11. The van der Waals surface area contributed by atoms with Crippen molar-refractivity contribution in [1.29, 1.82) is 0 Å². The minimum absolute atomic E-state index is 0.119. The zero-order valence-corrected chi connectivity index (χ0v) is 15.4. The molecule has 1 amide bonds. The van der Waals surface area contributed by atoms with Crippen LogP contribution in [0.15, 0.2) is 66.9 Å². The molecule has 0 spiro atoms. The van der Waals surface area contributed by atoms with Crippen molar-refractivity contribution in [3.8, 4) is 0 Å². The van der Waals surface area contributed by atoms with Gasteiger partial charge >= 0.3 is 0 Å². The molecule has 1 atom stereocenters. The number of anilines is 2. The fourth-order valence-electron chi connectivity index (χ4n) is 2.67. The molecule has 0 aliphatic heterocycles. The second-order valence-electron chi connectivity index (χ2n) is 6.12. The molecule has 0 aliphatic carbocycles. The van der Waals surface area contributed by atoms with Gasteiger partial charge in [-0.05, 0) is 55.3 Å². The van der Waals surface area contributed by atoms with Gasteiger partial charge in [0.15, 0.2) is 0 Å². The minimum Gasteiger partial charge on any atom is -0.378 e. The largest absolute Gasteiger partial charge is 0.378 e. The second kappa shape index (κ2) is 8.02. The maximum Gasteiger partial charge on any atom is 0.274 e. The molecule has 3 rings (SSSR count). The number of carbonyl (C=O) groups is 1. The average molecular weight is 366 g/mol. The zero-order valence-electron chi connectivity index (χ0n) is 14.7. The van der Waals surface area contributed by atoms with Crippen molar-refractivity contribution >= 4 is 28.9 Å². The van der Waals surface area contributed by atoms with Crippen molar-refractivity contribution < 1.29 is 4.79 Å². The Morgan fingerprint density at radius 1 is 1.08 bits per heavy atom. The molecular weight excluding hydrogens is 346 g/mol.